The number of carbonyl (C=O) groups excluding carboxylic acids is 2. The fourth-order valence-corrected chi connectivity index (χ4v) is 4.44. The summed E-state index contributed by atoms with van der Waals surface area (Å²) in [5.41, 5.74) is 1.82. The molecular weight excluding hydrogens is 328 g/mol. The van der Waals surface area contributed by atoms with Crippen LogP contribution in [0, 0.1) is 0 Å². The van der Waals surface area contributed by atoms with Gasteiger partial charge in [-0.1, -0.05) is 29.0 Å². The van der Waals surface area contributed by atoms with E-state index in [2.05, 4.69) is 11.9 Å². The highest BCUT2D eigenvalue weighted by Gasteiger charge is 2.30. The van der Waals surface area contributed by atoms with Gasteiger partial charge in [0.25, 0.3) is 0 Å². The van der Waals surface area contributed by atoms with Gasteiger partial charge >= 0.3 is 0 Å². The van der Waals surface area contributed by atoms with Gasteiger partial charge in [-0.25, -0.2) is 4.98 Å². The summed E-state index contributed by atoms with van der Waals surface area (Å²) in [4.78, 5) is 29.1. The van der Waals surface area contributed by atoms with E-state index < -0.39 is 0 Å². The molecule has 3 rings (SSSR count). The molecule has 23 heavy (non-hydrogen) atoms. The molecule has 2 heterocycles. The van der Waals surface area contributed by atoms with Crippen LogP contribution >= 0.6 is 21.6 Å². The van der Waals surface area contributed by atoms with E-state index in [9.17, 15) is 9.59 Å². The van der Waals surface area contributed by atoms with Crippen molar-refractivity contribution in [2.45, 2.75) is 30.0 Å². The minimum absolute atomic E-state index is 0.115. The highest BCUT2D eigenvalue weighted by atomic mass is 33.1. The molecule has 1 atom stereocenters. The van der Waals surface area contributed by atoms with E-state index in [1.54, 1.807) is 27.8 Å². The molecule has 2 amide bonds. The van der Waals surface area contributed by atoms with Crippen molar-refractivity contribution in [2.75, 3.05) is 4.90 Å². The second-order valence-corrected chi connectivity index (χ2v) is 7.77. The van der Waals surface area contributed by atoms with Crippen LogP contribution in [-0.2, 0) is 9.59 Å². The molecule has 1 aliphatic heterocycles. The van der Waals surface area contributed by atoms with Crippen molar-refractivity contribution >= 4 is 39.1 Å². The van der Waals surface area contributed by atoms with Crippen LogP contribution in [0.25, 0.3) is 0 Å². The van der Waals surface area contributed by atoms with Gasteiger partial charge in [0.15, 0.2) is 0 Å². The Bertz CT molecular complexity index is 688. The number of carbonyl (C=O) groups is 2. The number of amides is 2. The number of anilines is 1. The van der Waals surface area contributed by atoms with Gasteiger partial charge in [-0.05, 0) is 47.5 Å². The molecular formula is C17H16N2O2S2. The normalized spacial score (nSPS) is 16.0. The first-order valence-electron chi connectivity index (χ1n) is 7.35. The van der Waals surface area contributed by atoms with Gasteiger partial charge in [-0.3, -0.25) is 14.5 Å². The van der Waals surface area contributed by atoms with Crippen LogP contribution in [-0.4, -0.2) is 16.8 Å². The first-order chi connectivity index (χ1) is 11.1. The highest BCUT2D eigenvalue weighted by Crippen LogP contribution is 2.41. The minimum Gasteiger partial charge on any atom is -0.274 e. The third kappa shape index (κ3) is 3.76. The van der Waals surface area contributed by atoms with Crippen molar-refractivity contribution in [1.29, 1.82) is 0 Å². The van der Waals surface area contributed by atoms with Gasteiger partial charge in [-0.15, -0.1) is 0 Å². The summed E-state index contributed by atoms with van der Waals surface area (Å²) >= 11 is 0. The molecule has 1 fully saturated rings. The van der Waals surface area contributed by atoms with Crippen LogP contribution in [0.5, 0.6) is 0 Å². The number of pyridine rings is 1. The molecule has 0 radical (unpaired) electrons. The zero-order valence-electron chi connectivity index (χ0n) is 12.6. The van der Waals surface area contributed by atoms with Crippen LogP contribution in [0.3, 0.4) is 0 Å². The van der Waals surface area contributed by atoms with Gasteiger partial charge in [0, 0.05) is 24.3 Å². The molecule has 4 nitrogen and oxygen atoms in total. The molecule has 0 spiro atoms. The number of benzene rings is 1. The maximum atomic E-state index is 11.8. The van der Waals surface area contributed by atoms with E-state index in [0.717, 1.165) is 10.6 Å². The lowest BCUT2D eigenvalue weighted by Crippen LogP contribution is -2.28. The molecule has 1 aliphatic rings. The van der Waals surface area contributed by atoms with E-state index in [1.165, 1.54) is 4.90 Å². The Hall–Kier alpha value is -1.79. The Balaban J connectivity index is 1.64. The van der Waals surface area contributed by atoms with Crippen LogP contribution < -0.4 is 4.90 Å². The SMILES string of the molecule is CC(SSc1ccccn1)c1ccc(N2C(=O)CCC2=O)cc1. The van der Waals surface area contributed by atoms with Crippen LogP contribution in [0.15, 0.2) is 53.7 Å². The van der Waals surface area contributed by atoms with Crippen molar-refractivity contribution in [1.82, 2.24) is 4.98 Å². The van der Waals surface area contributed by atoms with Gasteiger partial charge < -0.3 is 0 Å². The smallest absolute Gasteiger partial charge is 0.234 e. The van der Waals surface area contributed by atoms with Crippen LogP contribution in [0.2, 0.25) is 0 Å². The van der Waals surface area contributed by atoms with Gasteiger partial charge in [0.05, 0.1) is 5.69 Å². The summed E-state index contributed by atoms with van der Waals surface area (Å²) in [6, 6.07) is 13.5. The molecule has 1 aromatic heterocycles. The largest absolute Gasteiger partial charge is 0.274 e. The van der Waals surface area contributed by atoms with E-state index in [-0.39, 0.29) is 17.1 Å². The first kappa shape index (κ1) is 16.1. The molecule has 0 bridgehead atoms. The first-order valence-corrected chi connectivity index (χ1v) is 9.56. The minimum atomic E-state index is -0.115. The maximum Gasteiger partial charge on any atom is 0.234 e. The molecule has 0 N–H and O–H groups in total. The highest BCUT2D eigenvalue weighted by molar-refractivity contribution is 8.76. The monoisotopic (exact) mass is 344 g/mol. The maximum absolute atomic E-state index is 11.8. The van der Waals surface area contributed by atoms with Gasteiger partial charge in [-0.2, -0.15) is 0 Å². The third-order valence-corrected chi connectivity index (χ3v) is 6.32. The lowest BCUT2D eigenvalue weighted by Gasteiger charge is -2.16. The number of hydrogen-bond acceptors (Lipinski definition) is 5. The summed E-state index contributed by atoms with van der Waals surface area (Å²) in [6.45, 7) is 2.13. The summed E-state index contributed by atoms with van der Waals surface area (Å²) in [6.07, 6.45) is 2.41. The van der Waals surface area contributed by atoms with Crippen molar-refractivity contribution in [3.05, 3.63) is 54.2 Å². The Morgan fingerprint density at radius 2 is 1.74 bits per heavy atom. The third-order valence-electron chi connectivity index (χ3n) is 3.59. The zero-order valence-corrected chi connectivity index (χ0v) is 14.3. The van der Waals surface area contributed by atoms with Crippen molar-refractivity contribution in [3.8, 4) is 0 Å². The lowest BCUT2D eigenvalue weighted by molar-refractivity contribution is -0.121. The fourth-order valence-electron chi connectivity index (χ4n) is 2.33. The molecule has 1 aromatic carbocycles. The quantitative estimate of drug-likeness (QED) is 0.600. The van der Waals surface area contributed by atoms with Gasteiger partial charge in [0.2, 0.25) is 11.8 Å². The number of aromatic nitrogens is 1. The summed E-state index contributed by atoms with van der Waals surface area (Å²) in [5, 5.41) is 1.26. The standard InChI is InChI=1S/C17H16N2O2S2/c1-12(22-23-15-4-2-3-11-18-15)13-5-7-14(8-6-13)19-16(20)9-10-17(19)21/h2-8,11-12H,9-10H2,1H3. The van der Waals surface area contributed by atoms with E-state index >= 15 is 0 Å². The number of rotatable bonds is 5. The summed E-state index contributed by atoms with van der Waals surface area (Å²) in [7, 11) is 3.37. The Kier molecular flexibility index (Phi) is 5.03. The van der Waals surface area contributed by atoms with Crippen molar-refractivity contribution in [2.24, 2.45) is 0 Å². The number of nitrogens with zero attached hydrogens (tertiary/aromatic N) is 2. The Morgan fingerprint density at radius 3 is 2.35 bits per heavy atom. The van der Waals surface area contributed by atoms with Gasteiger partial charge in [0.1, 0.15) is 5.03 Å². The van der Waals surface area contributed by atoms with E-state index in [1.807, 2.05) is 42.5 Å². The average molecular weight is 344 g/mol. The van der Waals surface area contributed by atoms with Crippen molar-refractivity contribution in [3.63, 3.8) is 0 Å². The Morgan fingerprint density at radius 1 is 1.04 bits per heavy atom. The average Bonchev–Trinajstić information content (AvgIpc) is 2.92. The van der Waals surface area contributed by atoms with Crippen molar-refractivity contribution < 1.29 is 9.59 Å². The van der Waals surface area contributed by atoms with E-state index in [0.29, 0.717) is 18.5 Å². The second-order valence-electron chi connectivity index (χ2n) is 5.20. The number of hydrogen-bond donors (Lipinski definition) is 0. The zero-order chi connectivity index (χ0) is 16.2. The molecule has 118 valence electrons. The lowest BCUT2D eigenvalue weighted by atomic mass is 10.1. The summed E-state index contributed by atoms with van der Waals surface area (Å²) < 4.78 is 0. The topological polar surface area (TPSA) is 50.3 Å². The number of imide groups is 1. The predicted octanol–water partition coefficient (Wildman–Crippen LogP) is 4.24. The molecule has 0 saturated carbocycles. The van der Waals surface area contributed by atoms with Crippen LogP contribution in [0.4, 0.5) is 5.69 Å². The molecule has 1 unspecified atom stereocenters. The predicted molar refractivity (Wildman–Crippen MR) is 94.3 cm³/mol. The molecule has 2 aromatic rings. The van der Waals surface area contributed by atoms with Crippen LogP contribution in [0.1, 0.15) is 30.6 Å². The molecule has 1 saturated heterocycles. The fraction of sp³-hybridized carbons (Fsp3) is 0.235. The molecule has 0 aliphatic carbocycles. The van der Waals surface area contributed by atoms with E-state index in [4.69, 9.17) is 0 Å². The summed E-state index contributed by atoms with van der Waals surface area (Å²) in [5.74, 6) is -0.230. The second kappa shape index (κ2) is 7.19. The molecule has 6 heteroatoms. The Labute approximate surface area is 143 Å².